The van der Waals surface area contributed by atoms with E-state index < -0.39 is 0 Å². The minimum Gasteiger partial charge on any atom is -0.385 e. The summed E-state index contributed by atoms with van der Waals surface area (Å²) in [6.45, 7) is 6.47. The Morgan fingerprint density at radius 2 is 2.13 bits per heavy atom. The SMILES string of the molecule is CCNC(=NCc1nc(-c2cccc(Cl)c2)no1)N1CCC(OCCCOC)CC1.I. The lowest BCUT2D eigenvalue weighted by atomic mass is 10.1. The van der Waals surface area contributed by atoms with Crippen LogP contribution in [0.3, 0.4) is 0 Å². The van der Waals surface area contributed by atoms with Crippen LogP contribution in [0, 0.1) is 0 Å². The number of methoxy groups -OCH3 is 1. The molecule has 0 saturated carbocycles. The molecule has 1 aromatic carbocycles. The molecule has 8 nitrogen and oxygen atoms in total. The van der Waals surface area contributed by atoms with Crippen LogP contribution in [0.2, 0.25) is 5.02 Å². The molecule has 0 radical (unpaired) electrons. The van der Waals surface area contributed by atoms with Gasteiger partial charge in [-0.25, -0.2) is 4.99 Å². The summed E-state index contributed by atoms with van der Waals surface area (Å²) in [5.41, 5.74) is 0.820. The van der Waals surface area contributed by atoms with E-state index in [1.54, 1.807) is 7.11 Å². The molecule has 1 aliphatic rings. The number of rotatable bonds is 9. The van der Waals surface area contributed by atoms with Gasteiger partial charge in [0.25, 0.3) is 0 Å². The molecule has 1 aromatic heterocycles. The van der Waals surface area contributed by atoms with Gasteiger partial charge >= 0.3 is 0 Å². The third-order valence-electron chi connectivity index (χ3n) is 4.84. The van der Waals surface area contributed by atoms with Crippen molar-refractivity contribution in [1.82, 2.24) is 20.4 Å². The Balaban J connectivity index is 0.00000341. The molecule has 1 fully saturated rings. The van der Waals surface area contributed by atoms with Gasteiger partial charge in [-0.1, -0.05) is 28.9 Å². The lowest BCUT2D eigenvalue weighted by Gasteiger charge is -2.34. The van der Waals surface area contributed by atoms with Crippen LogP contribution in [0.15, 0.2) is 33.8 Å². The molecule has 31 heavy (non-hydrogen) atoms. The van der Waals surface area contributed by atoms with Gasteiger partial charge in [0.2, 0.25) is 11.7 Å². The van der Waals surface area contributed by atoms with Gasteiger partial charge in [0.05, 0.1) is 6.10 Å². The zero-order valence-corrected chi connectivity index (χ0v) is 21.1. The van der Waals surface area contributed by atoms with Gasteiger partial charge in [0, 0.05) is 50.5 Å². The van der Waals surface area contributed by atoms with Crippen LogP contribution in [-0.4, -0.2) is 67.1 Å². The fourth-order valence-corrected chi connectivity index (χ4v) is 3.51. The molecule has 0 spiro atoms. The van der Waals surface area contributed by atoms with E-state index in [4.69, 9.17) is 30.6 Å². The van der Waals surface area contributed by atoms with E-state index >= 15 is 0 Å². The molecular weight excluding hydrogens is 533 g/mol. The summed E-state index contributed by atoms with van der Waals surface area (Å²) in [6, 6.07) is 7.38. The lowest BCUT2D eigenvalue weighted by Crippen LogP contribution is -2.47. The summed E-state index contributed by atoms with van der Waals surface area (Å²) in [6.07, 6.45) is 3.20. The van der Waals surface area contributed by atoms with Gasteiger partial charge in [0.15, 0.2) is 5.96 Å². The minimum atomic E-state index is 0. The topological polar surface area (TPSA) is 85.0 Å². The number of hydrogen-bond acceptors (Lipinski definition) is 6. The maximum absolute atomic E-state index is 6.04. The standard InChI is InChI=1S/C21H30ClN5O3.HI/c1-3-23-21(27-10-8-18(9-11-27)29-13-5-12-28-2)24-15-19-25-20(26-30-19)16-6-4-7-17(22)14-16;/h4,6-7,14,18H,3,5,8-13,15H2,1-2H3,(H,23,24);1H. The summed E-state index contributed by atoms with van der Waals surface area (Å²) < 4.78 is 16.4. The van der Waals surface area contributed by atoms with Crippen molar-refractivity contribution in [2.24, 2.45) is 4.99 Å². The number of aliphatic imine (C=N–C) groups is 1. The first kappa shape index (κ1) is 25.8. The molecule has 0 unspecified atom stereocenters. The summed E-state index contributed by atoms with van der Waals surface area (Å²) in [5.74, 6) is 1.84. The van der Waals surface area contributed by atoms with Gasteiger partial charge in [-0.05, 0) is 38.3 Å². The number of guanidine groups is 1. The number of benzene rings is 1. The summed E-state index contributed by atoms with van der Waals surface area (Å²) in [4.78, 5) is 11.4. The van der Waals surface area contributed by atoms with Gasteiger partial charge in [-0.2, -0.15) is 4.98 Å². The second-order valence-electron chi connectivity index (χ2n) is 7.10. The lowest BCUT2D eigenvalue weighted by molar-refractivity contribution is 0.00989. The fourth-order valence-electron chi connectivity index (χ4n) is 3.32. The van der Waals surface area contributed by atoms with Gasteiger partial charge in [-0.15, -0.1) is 24.0 Å². The maximum Gasteiger partial charge on any atom is 0.248 e. The Kier molecular flexibility index (Phi) is 11.6. The van der Waals surface area contributed by atoms with E-state index in [-0.39, 0.29) is 24.0 Å². The van der Waals surface area contributed by atoms with E-state index in [2.05, 4.69) is 27.3 Å². The van der Waals surface area contributed by atoms with Crippen LogP contribution < -0.4 is 5.32 Å². The smallest absolute Gasteiger partial charge is 0.248 e. The number of hydrogen-bond donors (Lipinski definition) is 1. The monoisotopic (exact) mass is 563 g/mol. The Morgan fingerprint density at radius 3 is 2.84 bits per heavy atom. The summed E-state index contributed by atoms with van der Waals surface area (Å²) >= 11 is 6.04. The average Bonchev–Trinajstić information content (AvgIpc) is 3.24. The van der Waals surface area contributed by atoms with Crippen molar-refractivity contribution >= 4 is 41.5 Å². The largest absolute Gasteiger partial charge is 0.385 e. The van der Waals surface area contributed by atoms with Crippen molar-refractivity contribution in [3.05, 3.63) is 35.2 Å². The molecule has 3 rings (SSSR count). The van der Waals surface area contributed by atoms with Gasteiger partial charge in [0.1, 0.15) is 6.54 Å². The molecule has 2 heterocycles. The molecule has 1 aliphatic heterocycles. The fraction of sp³-hybridized carbons (Fsp3) is 0.571. The highest BCUT2D eigenvalue weighted by Gasteiger charge is 2.22. The van der Waals surface area contributed by atoms with Gasteiger partial charge in [-0.3, -0.25) is 0 Å². The van der Waals surface area contributed by atoms with E-state index in [1.807, 2.05) is 24.3 Å². The predicted molar refractivity (Wildman–Crippen MR) is 132 cm³/mol. The van der Waals surface area contributed by atoms with E-state index in [0.29, 0.717) is 29.4 Å². The van der Waals surface area contributed by atoms with E-state index in [1.165, 1.54) is 0 Å². The van der Waals surface area contributed by atoms with E-state index in [0.717, 1.165) is 63.6 Å². The Hall–Kier alpha value is -1.43. The molecular formula is C21H31ClIN5O3. The number of ether oxygens (including phenoxy) is 2. The molecule has 1 saturated heterocycles. The highest BCUT2D eigenvalue weighted by atomic mass is 127. The molecule has 0 amide bonds. The van der Waals surface area contributed by atoms with Crippen LogP contribution in [0.1, 0.15) is 32.1 Å². The molecule has 172 valence electrons. The van der Waals surface area contributed by atoms with Crippen molar-refractivity contribution in [3.8, 4) is 11.4 Å². The molecule has 0 aliphatic carbocycles. The number of nitrogens with zero attached hydrogens (tertiary/aromatic N) is 4. The molecule has 10 heteroatoms. The quantitative estimate of drug-likeness (QED) is 0.214. The summed E-state index contributed by atoms with van der Waals surface area (Å²) in [7, 11) is 1.71. The molecule has 0 atom stereocenters. The van der Waals surface area contributed by atoms with Gasteiger partial charge < -0.3 is 24.2 Å². The number of likely N-dealkylation sites (tertiary alicyclic amines) is 1. The zero-order chi connectivity index (χ0) is 21.2. The first-order valence-electron chi connectivity index (χ1n) is 10.4. The average molecular weight is 564 g/mol. The number of halogens is 2. The zero-order valence-electron chi connectivity index (χ0n) is 18.1. The third kappa shape index (κ3) is 8.21. The molecule has 2 aromatic rings. The van der Waals surface area contributed by atoms with Crippen LogP contribution in [0.25, 0.3) is 11.4 Å². The minimum absolute atomic E-state index is 0. The van der Waals surface area contributed by atoms with Crippen molar-refractivity contribution in [3.63, 3.8) is 0 Å². The highest BCUT2D eigenvalue weighted by molar-refractivity contribution is 14.0. The summed E-state index contributed by atoms with van der Waals surface area (Å²) in [5, 5.41) is 8.03. The first-order valence-corrected chi connectivity index (χ1v) is 10.8. The first-order chi connectivity index (χ1) is 14.7. The number of piperidine rings is 1. The van der Waals surface area contributed by atoms with Crippen LogP contribution in [0.4, 0.5) is 0 Å². The van der Waals surface area contributed by atoms with Crippen molar-refractivity contribution in [2.75, 3.05) is 40.0 Å². The third-order valence-corrected chi connectivity index (χ3v) is 5.07. The highest BCUT2D eigenvalue weighted by Crippen LogP contribution is 2.20. The van der Waals surface area contributed by atoms with Crippen molar-refractivity contribution in [2.45, 2.75) is 38.8 Å². The maximum atomic E-state index is 6.04. The number of aromatic nitrogens is 2. The Bertz CT molecular complexity index is 812. The van der Waals surface area contributed by atoms with Crippen molar-refractivity contribution in [1.29, 1.82) is 0 Å². The Labute approximate surface area is 205 Å². The normalized spacial score (nSPS) is 15.1. The second kappa shape index (κ2) is 13.9. The Morgan fingerprint density at radius 1 is 1.32 bits per heavy atom. The van der Waals surface area contributed by atoms with E-state index in [9.17, 15) is 0 Å². The molecule has 1 N–H and O–H groups in total. The molecule has 0 bridgehead atoms. The second-order valence-corrected chi connectivity index (χ2v) is 7.53. The van der Waals surface area contributed by atoms with Crippen LogP contribution in [-0.2, 0) is 16.0 Å². The van der Waals surface area contributed by atoms with Crippen LogP contribution in [0.5, 0.6) is 0 Å². The predicted octanol–water partition coefficient (Wildman–Crippen LogP) is 3.99. The van der Waals surface area contributed by atoms with Crippen molar-refractivity contribution < 1.29 is 14.0 Å². The van der Waals surface area contributed by atoms with Crippen LogP contribution >= 0.6 is 35.6 Å². The number of nitrogens with one attached hydrogen (secondary N) is 1.